The second-order valence-electron chi connectivity index (χ2n) is 8.12. The third-order valence-electron chi connectivity index (χ3n) is 5.96. The van der Waals surface area contributed by atoms with Gasteiger partial charge in [0.15, 0.2) is 12.6 Å². The smallest absolute Gasteiger partial charge is 0.151 e. The number of carbonyl (C=O) groups is 2. The van der Waals surface area contributed by atoms with Crippen LogP contribution in [0.25, 0.3) is 22.3 Å². The largest absolute Gasteiger partial charge is 0.298 e. The summed E-state index contributed by atoms with van der Waals surface area (Å²) in [6, 6.07) is 22.2. The summed E-state index contributed by atoms with van der Waals surface area (Å²) in [4.78, 5) is 24.1. The number of hydrogen-bond acceptors (Lipinski definition) is 2. The summed E-state index contributed by atoms with van der Waals surface area (Å²) in [5.41, 5.74) is 5.96. The average Bonchev–Trinajstić information content (AvgIpc) is 2.83. The van der Waals surface area contributed by atoms with E-state index in [4.69, 9.17) is 0 Å². The Morgan fingerprint density at radius 3 is 1.87 bits per heavy atom. The molecule has 0 saturated carbocycles. The van der Waals surface area contributed by atoms with E-state index in [0.29, 0.717) is 11.1 Å². The molecule has 0 fully saturated rings. The van der Waals surface area contributed by atoms with E-state index in [1.165, 1.54) is 32.1 Å². The lowest BCUT2D eigenvalue weighted by Crippen LogP contribution is -2.02. The van der Waals surface area contributed by atoms with Gasteiger partial charge in [-0.05, 0) is 40.7 Å². The molecule has 2 heteroatoms. The monoisotopic (exact) mass is 412 g/mol. The highest BCUT2D eigenvalue weighted by molar-refractivity contribution is 6.01. The SMILES string of the molecule is CCCCCCCCCc1ccc(-c2ccccc2-c2ccccc2)c(C=O)c1C=O. The molecule has 2 nitrogen and oxygen atoms in total. The van der Waals surface area contributed by atoms with E-state index in [9.17, 15) is 9.59 Å². The average molecular weight is 413 g/mol. The molecule has 0 amide bonds. The third-order valence-corrected chi connectivity index (χ3v) is 5.96. The first-order valence-corrected chi connectivity index (χ1v) is 11.5. The first-order valence-electron chi connectivity index (χ1n) is 11.5. The maximum Gasteiger partial charge on any atom is 0.151 e. The van der Waals surface area contributed by atoms with E-state index in [2.05, 4.69) is 25.1 Å². The van der Waals surface area contributed by atoms with E-state index in [1.807, 2.05) is 48.5 Å². The number of aryl methyl sites for hydroxylation is 1. The zero-order chi connectivity index (χ0) is 21.9. The van der Waals surface area contributed by atoms with Gasteiger partial charge in [0.1, 0.15) is 0 Å². The molecular formula is C29H32O2. The molecule has 3 rings (SSSR count). The maximum absolute atomic E-state index is 12.1. The topological polar surface area (TPSA) is 34.1 Å². The fourth-order valence-corrected chi connectivity index (χ4v) is 4.26. The van der Waals surface area contributed by atoms with E-state index in [1.54, 1.807) is 0 Å². The highest BCUT2D eigenvalue weighted by Crippen LogP contribution is 2.35. The molecule has 0 aliphatic carbocycles. The molecule has 31 heavy (non-hydrogen) atoms. The number of unbranched alkanes of at least 4 members (excludes halogenated alkanes) is 6. The molecule has 160 valence electrons. The van der Waals surface area contributed by atoms with Crippen LogP contribution in [-0.4, -0.2) is 12.6 Å². The molecule has 0 aromatic heterocycles. The van der Waals surface area contributed by atoms with E-state index in [0.717, 1.165) is 59.7 Å². The second kappa shape index (κ2) is 12.0. The van der Waals surface area contributed by atoms with Crippen molar-refractivity contribution < 1.29 is 9.59 Å². The first-order chi connectivity index (χ1) is 15.3. The van der Waals surface area contributed by atoms with Crippen LogP contribution in [0.15, 0.2) is 66.7 Å². The molecular weight excluding hydrogens is 380 g/mol. The fourth-order valence-electron chi connectivity index (χ4n) is 4.26. The molecule has 0 aliphatic rings. The van der Waals surface area contributed by atoms with Crippen LogP contribution in [-0.2, 0) is 6.42 Å². The van der Waals surface area contributed by atoms with Gasteiger partial charge in [0, 0.05) is 11.1 Å². The Morgan fingerprint density at radius 1 is 0.581 bits per heavy atom. The Kier molecular flexibility index (Phi) is 8.78. The van der Waals surface area contributed by atoms with Crippen molar-refractivity contribution in [2.45, 2.75) is 58.3 Å². The Morgan fingerprint density at radius 2 is 1.19 bits per heavy atom. The number of hydrogen-bond donors (Lipinski definition) is 0. The van der Waals surface area contributed by atoms with Crippen molar-refractivity contribution in [3.63, 3.8) is 0 Å². The summed E-state index contributed by atoms with van der Waals surface area (Å²) in [5, 5.41) is 0. The van der Waals surface area contributed by atoms with Gasteiger partial charge in [-0.1, -0.05) is 112 Å². The van der Waals surface area contributed by atoms with Crippen molar-refractivity contribution in [1.82, 2.24) is 0 Å². The van der Waals surface area contributed by atoms with Gasteiger partial charge in [-0.15, -0.1) is 0 Å². The van der Waals surface area contributed by atoms with Gasteiger partial charge in [0.05, 0.1) is 0 Å². The van der Waals surface area contributed by atoms with Gasteiger partial charge in [0.2, 0.25) is 0 Å². The number of carbonyl (C=O) groups excluding carboxylic acids is 2. The van der Waals surface area contributed by atoms with E-state index < -0.39 is 0 Å². The highest BCUT2D eigenvalue weighted by Gasteiger charge is 2.16. The molecule has 3 aromatic rings. The standard InChI is InChI=1S/C29H32O2/c1-2-3-4-5-6-7-9-16-24-19-20-27(29(22-31)28(24)21-30)26-18-13-12-17-25(26)23-14-10-8-11-15-23/h8,10-15,17-22H,2-7,9,16H2,1H3. The molecule has 0 spiro atoms. The summed E-state index contributed by atoms with van der Waals surface area (Å²) < 4.78 is 0. The van der Waals surface area contributed by atoms with Crippen LogP contribution in [0.5, 0.6) is 0 Å². The lowest BCUT2D eigenvalue weighted by Gasteiger charge is -2.15. The van der Waals surface area contributed by atoms with Gasteiger partial charge in [-0.3, -0.25) is 9.59 Å². The van der Waals surface area contributed by atoms with Crippen molar-refractivity contribution in [2.24, 2.45) is 0 Å². The lowest BCUT2D eigenvalue weighted by molar-refractivity contribution is 0.109. The van der Waals surface area contributed by atoms with Crippen LogP contribution in [0.2, 0.25) is 0 Å². The molecule has 0 atom stereocenters. The minimum atomic E-state index is 0.499. The Labute approximate surface area is 186 Å². The van der Waals surface area contributed by atoms with Crippen LogP contribution in [0.3, 0.4) is 0 Å². The molecule has 0 radical (unpaired) electrons. The summed E-state index contributed by atoms with van der Waals surface area (Å²) in [5.74, 6) is 0. The first kappa shape index (κ1) is 22.7. The Balaban J connectivity index is 1.86. The summed E-state index contributed by atoms with van der Waals surface area (Å²) in [6.45, 7) is 2.23. The van der Waals surface area contributed by atoms with Gasteiger partial charge in [-0.2, -0.15) is 0 Å². The zero-order valence-corrected chi connectivity index (χ0v) is 18.5. The van der Waals surface area contributed by atoms with Crippen molar-refractivity contribution in [2.75, 3.05) is 0 Å². The van der Waals surface area contributed by atoms with Gasteiger partial charge in [-0.25, -0.2) is 0 Å². The summed E-state index contributed by atoms with van der Waals surface area (Å²) in [6.07, 6.45) is 11.1. The number of rotatable bonds is 12. The van der Waals surface area contributed by atoms with Crippen LogP contribution in [0, 0.1) is 0 Å². The normalized spacial score (nSPS) is 10.7. The maximum atomic E-state index is 12.1. The molecule has 0 bridgehead atoms. The molecule has 0 heterocycles. The van der Waals surface area contributed by atoms with Crippen LogP contribution in [0.1, 0.15) is 78.1 Å². The lowest BCUT2D eigenvalue weighted by atomic mass is 9.87. The van der Waals surface area contributed by atoms with Gasteiger partial charge >= 0.3 is 0 Å². The van der Waals surface area contributed by atoms with Crippen LogP contribution >= 0.6 is 0 Å². The molecule has 0 saturated heterocycles. The number of aldehydes is 2. The number of benzene rings is 3. The van der Waals surface area contributed by atoms with Crippen LogP contribution < -0.4 is 0 Å². The van der Waals surface area contributed by atoms with Crippen molar-refractivity contribution in [1.29, 1.82) is 0 Å². The minimum Gasteiger partial charge on any atom is -0.298 e. The fraction of sp³-hybridized carbons (Fsp3) is 0.310. The van der Waals surface area contributed by atoms with Gasteiger partial charge < -0.3 is 0 Å². The predicted octanol–water partition coefficient (Wildman–Crippen LogP) is 7.94. The molecule has 0 N–H and O–H groups in total. The highest BCUT2D eigenvalue weighted by atomic mass is 16.1. The summed E-state index contributed by atoms with van der Waals surface area (Å²) in [7, 11) is 0. The van der Waals surface area contributed by atoms with Crippen molar-refractivity contribution >= 4 is 12.6 Å². The Hall–Kier alpha value is -3.00. The molecule has 3 aromatic carbocycles. The zero-order valence-electron chi connectivity index (χ0n) is 18.5. The van der Waals surface area contributed by atoms with Crippen molar-refractivity contribution in [3.05, 3.63) is 83.4 Å². The third kappa shape index (κ3) is 5.79. The minimum absolute atomic E-state index is 0.499. The molecule has 0 unspecified atom stereocenters. The summed E-state index contributed by atoms with van der Waals surface area (Å²) >= 11 is 0. The van der Waals surface area contributed by atoms with E-state index >= 15 is 0 Å². The Bertz CT molecular complexity index is 989. The van der Waals surface area contributed by atoms with Crippen LogP contribution in [0.4, 0.5) is 0 Å². The van der Waals surface area contributed by atoms with Gasteiger partial charge in [0.25, 0.3) is 0 Å². The second-order valence-corrected chi connectivity index (χ2v) is 8.12. The van der Waals surface area contributed by atoms with E-state index in [-0.39, 0.29) is 0 Å². The van der Waals surface area contributed by atoms with Crippen molar-refractivity contribution in [3.8, 4) is 22.3 Å². The molecule has 0 aliphatic heterocycles. The quantitative estimate of drug-likeness (QED) is 0.223. The predicted molar refractivity (Wildman–Crippen MR) is 130 cm³/mol.